The Morgan fingerprint density at radius 2 is 2.19 bits per heavy atom. The molecular formula is C7H8ClN5O2S. The fraction of sp³-hybridized carbons (Fsp3) is 0.286. The first kappa shape index (κ1) is 11.1. The van der Waals surface area contributed by atoms with E-state index < -0.39 is 9.05 Å². The van der Waals surface area contributed by atoms with Crippen molar-refractivity contribution in [2.75, 3.05) is 0 Å². The Bertz CT molecular complexity index is 602. The van der Waals surface area contributed by atoms with E-state index in [0.29, 0.717) is 12.2 Å². The van der Waals surface area contributed by atoms with Gasteiger partial charge in [-0.15, -0.1) is 5.10 Å². The monoisotopic (exact) mass is 261 g/mol. The highest BCUT2D eigenvalue weighted by Crippen LogP contribution is 2.13. The second kappa shape index (κ2) is 3.87. The van der Waals surface area contributed by atoms with Gasteiger partial charge in [0, 0.05) is 30.1 Å². The van der Waals surface area contributed by atoms with Crippen molar-refractivity contribution < 1.29 is 8.42 Å². The number of nitrogens with zero attached hydrogens (tertiary/aromatic N) is 5. The van der Waals surface area contributed by atoms with E-state index in [2.05, 4.69) is 15.4 Å². The van der Waals surface area contributed by atoms with Crippen LogP contribution in [-0.2, 0) is 22.6 Å². The van der Waals surface area contributed by atoms with E-state index in [1.54, 1.807) is 17.9 Å². The average molecular weight is 262 g/mol. The van der Waals surface area contributed by atoms with Crippen LogP contribution in [0.5, 0.6) is 0 Å². The number of hydrogen-bond acceptors (Lipinski definition) is 5. The molecule has 0 aromatic carbocycles. The molecule has 2 heterocycles. The second-order valence-electron chi connectivity index (χ2n) is 3.20. The van der Waals surface area contributed by atoms with Crippen molar-refractivity contribution in [3.8, 4) is 0 Å². The summed E-state index contributed by atoms with van der Waals surface area (Å²) in [6, 6.07) is 0. The van der Waals surface area contributed by atoms with Crippen molar-refractivity contribution in [1.82, 2.24) is 24.8 Å². The lowest BCUT2D eigenvalue weighted by Crippen LogP contribution is -2.00. The number of halogens is 1. The normalized spacial score (nSPS) is 11.9. The molecule has 0 aliphatic carbocycles. The molecule has 2 aromatic heterocycles. The zero-order chi connectivity index (χ0) is 11.8. The number of rotatable bonds is 3. The molecule has 16 heavy (non-hydrogen) atoms. The maximum Gasteiger partial charge on any atom is 0.264 e. The fourth-order valence-corrected chi connectivity index (χ4v) is 1.85. The van der Waals surface area contributed by atoms with E-state index in [1.807, 2.05) is 0 Å². The van der Waals surface area contributed by atoms with Crippen LogP contribution in [0.15, 0.2) is 23.5 Å². The van der Waals surface area contributed by atoms with Crippen LogP contribution in [0, 0.1) is 0 Å². The molecule has 0 unspecified atom stereocenters. The minimum atomic E-state index is -3.72. The van der Waals surface area contributed by atoms with Gasteiger partial charge < -0.3 is 0 Å². The summed E-state index contributed by atoms with van der Waals surface area (Å²) < 4.78 is 24.9. The van der Waals surface area contributed by atoms with Crippen molar-refractivity contribution in [1.29, 1.82) is 0 Å². The molecule has 9 heteroatoms. The third kappa shape index (κ3) is 2.39. The zero-order valence-electron chi connectivity index (χ0n) is 8.28. The van der Waals surface area contributed by atoms with Crippen molar-refractivity contribution >= 4 is 19.7 Å². The lowest BCUT2D eigenvalue weighted by Gasteiger charge is -1.94. The Morgan fingerprint density at radius 3 is 2.69 bits per heavy atom. The summed E-state index contributed by atoms with van der Waals surface area (Å²) in [6.45, 7) is 0.347. The highest BCUT2D eigenvalue weighted by molar-refractivity contribution is 8.13. The van der Waals surface area contributed by atoms with Crippen molar-refractivity contribution in [2.24, 2.45) is 7.05 Å². The van der Waals surface area contributed by atoms with Gasteiger partial charge in [0.15, 0.2) is 0 Å². The van der Waals surface area contributed by atoms with Crippen molar-refractivity contribution in [3.05, 3.63) is 24.3 Å². The largest absolute Gasteiger partial charge is 0.265 e. The van der Waals surface area contributed by atoms with Crippen LogP contribution in [0.2, 0.25) is 0 Å². The molecule has 0 aliphatic rings. The van der Waals surface area contributed by atoms with Crippen LogP contribution in [0.1, 0.15) is 5.69 Å². The minimum Gasteiger partial charge on any atom is -0.265 e. The molecule has 0 amide bonds. The molecule has 2 rings (SSSR count). The number of aromatic nitrogens is 5. The second-order valence-corrected chi connectivity index (χ2v) is 5.76. The van der Waals surface area contributed by atoms with Gasteiger partial charge >= 0.3 is 0 Å². The highest BCUT2D eigenvalue weighted by atomic mass is 35.7. The van der Waals surface area contributed by atoms with E-state index in [1.165, 1.54) is 17.1 Å². The van der Waals surface area contributed by atoms with Gasteiger partial charge in [0.05, 0.1) is 12.7 Å². The van der Waals surface area contributed by atoms with E-state index in [0.717, 1.165) is 0 Å². The molecule has 0 fully saturated rings. The topological polar surface area (TPSA) is 82.7 Å². The molecular weight excluding hydrogens is 254 g/mol. The van der Waals surface area contributed by atoms with Crippen molar-refractivity contribution in [2.45, 2.75) is 11.4 Å². The van der Waals surface area contributed by atoms with Crippen LogP contribution in [-0.4, -0.2) is 33.2 Å². The lowest BCUT2D eigenvalue weighted by atomic mass is 10.5. The first-order chi connectivity index (χ1) is 7.45. The van der Waals surface area contributed by atoms with Crippen LogP contribution >= 0.6 is 10.7 Å². The summed E-state index contributed by atoms with van der Waals surface area (Å²) in [5.74, 6) is 0. The van der Waals surface area contributed by atoms with Gasteiger partial charge in [-0.1, -0.05) is 5.21 Å². The van der Waals surface area contributed by atoms with E-state index in [-0.39, 0.29) is 4.90 Å². The molecule has 86 valence electrons. The van der Waals surface area contributed by atoms with E-state index in [4.69, 9.17) is 10.7 Å². The standard InChI is InChI=1S/C7H8ClN5O2S/c1-12-3-6(10-11-12)4-13-5-7(2-9-13)16(8,14)15/h2-3,5H,4H2,1H3. The highest BCUT2D eigenvalue weighted by Gasteiger charge is 2.13. The molecule has 2 aromatic rings. The first-order valence-electron chi connectivity index (χ1n) is 4.27. The summed E-state index contributed by atoms with van der Waals surface area (Å²) in [5, 5.41) is 11.5. The molecule has 0 spiro atoms. The summed E-state index contributed by atoms with van der Waals surface area (Å²) >= 11 is 0. The third-order valence-corrected chi connectivity index (χ3v) is 3.17. The van der Waals surface area contributed by atoms with Crippen LogP contribution in [0.3, 0.4) is 0 Å². The third-order valence-electron chi connectivity index (χ3n) is 1.87. The Hall–Kier alpha value is -1.41. The minimum absolute atomic E-state index is 0.0296. The maximum absolute atomic E-state index is 11.0. The Morgan fingerprint density at radius 1 is 1.44 bits per heavy atom. The van der Waals surface area contributed by atoms with E-state index >= 15 is 0 Å². The van der Waals surface area contributed by atoms with Gasteiger partial charge in [-0.2, -0.15) is 5.10 Å². The number of aryl methyl sites for hydroxylation is 1. The molecule has 7 nitrogen and oxygen atoms in total. The van der Waals surface area contributed by atoms with Crippen LogP contribution in [0.4, 0.5) is 0 Å². The van der Waals surface area contributed by atoms with Crippen LogP contribution < -0.4 is 0 Å². The summed E-state index contributed by atoms with van der Waals surface area (Å²) in [5.41, 5.74) is 0.684. The van der Waals surface area contributed by atoms with Crippen LogP contribution in [0.25, 0.3) is 0 Å². The Labute approximate surface area is 96.1 Å². The van der Waals surface area contributed by atoms with Gasteiger partial charge in [-0.3, -0.25) is 9.36 Å². The Kier molecular flexibility index (Phi) is 2.68. The maximum atomic E-state index is 11.0. The van der Waals surface area contributed by atoms with E-state index in [9.17, 15) is 8.42 Å². The number of hydrogen-bond donors (Lipinski definition) is 0. The quantitative estimate of drug-likeness (QED) is 0.726. The predicted octanol–water partition coefficient (Wildman–Crippen LogP) is -0.0126. The SMILES string of the molecule is Cn1cc(Cn2cc(S(=O)(=O)Cl)cn2)nn1. The molecule has 0 saturated heterocycles. The molecule has 0 bridgehead atoms. The predicted molar refractivity (Wildman–Crippen MR) is 55.4 cm³/mol. The van der Waals surface area contributed by atoms with Gasteiger partial charge in [0.2, 0.25) is 0 Å². The van der Waals surface area contributed by atoms with Gasteiger partial charge in [-0.05, 0) is 0 Å². The Balaban J connectivity index is 2.21. The molecule has 0 radical (unpaired) electrons. The molecule has 0 saturated carbocycles. The van der Waals surface area contributed by atoms with Gasteiger partial charge in [0.25, 0.3) is 9.05 Å². The lowest BCUT2D eigenvalue weighted by molar-refractivity contribution is 0.609. The zero-order valence-corrected chi connectivity index (χ0v) is 9.85. The molecule has 0 N–H and O–H groups in total. The summed E-state index contributed by atoms with van der Waals surface area (Å²) in [6.07, 6.45) is 4.26. The average Bonchev–Trinajstić information content (AvgIpc) is 2.74. The van der Waals surface area contributed by atoms with Crippen molar-refractivity contribution in [3.63, 3.8) is 0 Å². The summed E-state index contributed by atoms with van der Waals surface area (Å²) in [7, 11) is 3.19. The molecule has 0 atom stereocenters. The fourth-order valence-electron chi connectivity index (χ4n) is 1.19. The van der Waals surface area contributed by atoms with Gasteiger partial charge in [-0.25, -0.2) is 8.42 Å². The first-order valence-corrected chi connectivity index (χ1v) is 6.58. The van der Waals surface area contributed by atoms with Gasteiger partial charge in [0.1, 0.15) is 10.6 Å². The smallest absolute Gasteiger partial charge is 0.264 e. The summed E-state index contributed by atoms with van der Waals surface area (Å²) in [4.78, 5) is -0.0296. The molecule has 0 aliphatic heterocycles.